The van der Waals surface area contributed by atoms with E-state index in [4.69, 9.17) is 26.1 Å². The molecule has 1 aliphatic heterocycles. The lowest BCUT2D eigenvalue weighted by atomic mass is 9.83. The van der Waals surface area contributed by atoms with Gasteiger partial charge in [-0.1, -0.05) is 31.5 Å². The van der Waals surface area contributed by atoms with Gasteiger partial charge in [0.15, 0.2) is 0 Å². The third-order valence-electron chi connectivity index (χ3n) is 7.84. The van der Waals surface area contributed by atoms with E-state index in [-0.39, 0.29) is 28.8 Å². The lowest BCUT2D eigenvalue weighted by Gasteiger charge is -2.30. The van der Waals surface area contributed by atoms with E-state index in [1.165, 1.54) is 19.2 Å². The monoisotopic (exact) mass is 561 g/mol. The molecule has 4 aromatic rings. The number of carbonyl (C=O) groups is 1. The first-order chi connectivity index (χ1) is 19.1. The molecule has 2 N–H and O–H groups in total. The molecule has 1 saturated carbocycles. The van der Waals surface area contributed by atoms with Gasteiger partial charge < -0.3 is 19.9 Å². The first kappa shape index (κ1) is 26.5. The number of amides is 1. The molecule has 0 radical (unpaired) electrons. The first-order valence-electron chi connectivity index (χ1n) is 13.2. The van der Waals surface area contributed by atoms with Crippen molar-refractivity contribution in [3.05, 3.63) is 82.4 Å². The normalized spacial score (nSPS) is 17.1. The number of ether oxygens (including phenoxy) is 2. The number of nitrogens with zero attached hydrogens (tertiary/aromatic N) is 2. The van der Waals surface area contributed by atoms with Crippen LogP contribution in [0.3, 0.4) is 0 Å². The second kappa shape index (κ2) is 9.71. The Labute approximate surface area is 236 Å². The molecular weight excluding hydrogens is 533 g/mol. The zero-order valence-electron chi connectivity index (χ0n) is 22.4. The summed E-state index contributed by atoms with van der Waals surface area (Å²) in [5.74, 6) is 0.126. The number of fused-ring (bicyclic) bond motifs is 2. The van der Waals surface area contributed by atoms with Crippen molar-refractivity contribution in [2.45, 2.75) is 37.7 Å². The smallest absolute Gasteiger partial charge is 0.251 e. The van der Waals surface area contributed by atoms with Crippen LogP contribution in [0.1, 0.15) is 48.3 Å². The van der Waals surface area contributed by atoms with Gasteiger partial charge in [0.05, 0.1) is 31.0 Å². The maximum absolute atomic E-state index is 14.0. The minimum atomic E-state index is -1.43. The summed E-state index contributed by atoms with van der Waals surface area (Å²) in [6.45, 7) is 4.52. The molecule has 40 heavy (non-hydrogen) atoms. The zero-order chi connectivity index (χ0) is 28.2. The number of benzene rings is 2. The Morgan fingerprint density at radius 2 is 2.05 bits per heavy atom. The van der Waals surface area contributed by atoms with Crippen molar-refractivity contribution in [3.63, 3.8) is 0 Å². The highest BCUT2D eigenvalue weighted by Gasteiger charge is 2.48. The fourth-order valence-corrected chi connectivity index (χ4v) is 5.52. The van der Waals surface area contributed by atoms with Crippen LogP contribution in [0.2, 0.25) is 5.02 Å². The van der Waals surface area contributed by atoms with Gasteiger partial charge in [-0.2, -0.15) is 0 Å². The molecule has 1 amide bonds. The number of pyridine rings is 2. The summed E-state index contributed by atoms with van der Waals surface area (Å²) in [7, 11) is 1.54. The van der Waals surface area contributed by atoms with Crippen molar-refractivity contribution in [1.82, 2.24) is 15.3 Å². The van der Waals surface area contributed by atoms with Crippen LogP contribution in [0.15, 0.2) is 54.7 Å². The van der Waals surface area contributed by atoms with Gasteiger partial charge in [-0.05, 0) is 61.2 Å². The fraction of sp³-hybridized carbons (Fsp3) is 0.323. The van der Waals surface area contributed by atoms with Gasteiger partial charge in [0.25, 0.3) is 5.91 Å². The van der Waals surface area contributed by atoms with E-state index in [0.29, 0.717) is 46.1 Å². The largest absolute Gasteiger partial charge is 0.494 e. The van der Waals surface area contributed by atoms with Gasteiger partial charge >= 0.3 is 0 Å². The lowest BCUT2D eigenvalue weighted by Crippen LogP contribution is -2.43. The second-order valence-corrected chi connectivity index (χ2v) is 11.6. The quantitative estimate of drug-likeness (QED) is 0.296. The van der Waals surface area contributed by atoms with Gasteiger partial charge in [-0.15, -0.1) is 0 Å². The Kier molecular flexibility index (Phi) is 6.43. The molecule has 1 fully saturated rings. The number of carbonyl (C=O) groups excluding carboxylic acids is 1. The maximum Gasteiger partial charge on any atom is 0.251 e. The molecule has 3 heterocycles. The Morgan fingerprint density at radius 3 is 2.77 bits per heavy atom. The first-order valence-corrected chi connectivity index (χ1v) is 13.6. The maximum atomic E-state index is 14.0. The second-order valence-electron chi connectivity index (χ2n) is 11.2. The number of rotatable bonds is 7. The third kappa shape index (κ3) is 4.55. The van der Waals surface area contributed by atoms with Crippen molar-refractivity contribution in [3.8, 4) is 22.8 Å². The molecule has 6 rings (SSSR count). The molecule has 2 aromatic heterocycles. The minimum absolute atomic E-state index is 0.0264. The van der Waals surface area contributed by atoms with Gasteiger partial charge in [0, 0.05) is 33.7 Å². The van der Waals surface area contributed by atoms with E-state index in [1.54, 1.807) is 30.5 Å². The van der Waals surface area contributed by atoms with E-state index < -0.39 is 11.4 Å². The van der Waals surface area contributed by atoms with Crippen LogP contribution in [0.5, 0.6) is 11.5 Å². The van der Waals surface area contributed by atoms with Gasteiger partial charge in [0.1, 0.15) is 34.1 Å². The number of methoxy groups -OCH3 is 1. The van der Waals surface area contributed by atoms with Crippen molar-refractivity contribution in [2.24, 2.45) is 5.92 Å². The summed E-state index contributed by atoms with van der Waals surface area (Å²) in [5.41, 5.74) is 1.69. The molecule has 1 atom stereocenters. The Balaban J connectivity index is 1.38. The number of nitrogens with one attached hydrogen (secondary N) is 1. The number of aliphatic hydroxyl groups is 1. The number of hydrogen-bond acceptors (Lipinski definition) is 6. The van der Waals surface area contributed by atoms with Crippen LogP contribution in [-0.4, -0.2) is 41.2 Å². The van der Waals surface area contributed by atoms with Gasteiger partial charge in [0.2, 0.25) is 0 Å². The summed E-state index contributed by atoms with van der Waals surface area (Å²) in [5, 5.41) is 15.8. The highest BCUT2D eigenvalue weighted by atomic mass is 35.5. The molecule has 2 aliphatic rings. The number of hydrogen-bond donors (Lipinski definition) is 2. The summed E-state index contributed by atoms with van der Waals surface area (Å²) < 4.78 is 25.5. The average molecular weight is 562 g/mol. The summed E-state index contributed by atoms with van der Waals surface area (Å²) in [6, 6.07) is 13.3. The number of halogens is 2. The molecule has 0 spiro atoms. The van der Waals surface area contributed by atoms with Crippen molar-refractivity contribution in [1.29, 1.82) is 0 Å². The van der Waals surface area contributed by atoms with Crippen molar-refractivity contribution >= 4 is 28.4 Å². The topological polar surface area (TPSA) is 93.6 Å². The third-order valence-corrected chi connectivity index (χ3v) is 8.13. The molecule has 7 nitrogen and oxygen atoms in total. The average Bonchev–Trinajstić information content (AvgIpc) is 3.77. The van der Waals surface area contributed by atoms with E-state index >= 15 is 0 Å². The van der Waals surface area contributed by atoms with Crippen molar-refractivity contribution in [2.75, 3.05) is 20.3 Å². The van der Waals surface area contributed by atoms with Crippen LogP contribution < -0.4 is 14.8 Å². The van der Waals surface area contributed by atoms with Crippen LogP contribution in [-0.2, 0) is 11.0 Å². The molecule has 1 unspecified atom stereocenters. The summed E-state index contributed by atoms with van der Waals surface area (Å²) >= 11 is 6.11. The van der Waals surface area contributed by atoms with Crippen molar-refractivity contribution < 1.29 is 23.8 Å². The molecule has 1 aliphatic carbocycles. The van der Waals surface area contributed by atoms with Crippen LogP contribution >= 0.6 is 11.6 Å². The van der Waals surface area contributed by atoms with E-state index in [0.717, 1.165) is 23.8 Å². The predicted molar refractivity (Wildman–Crippen MR) is 150 cm³/mol. The predicted octanol–water partition coefficient (Wildman–Crippen LogP) is 5.80. The Morgan fingerprint density at radius 1 is 1.25 bits per heavy atom. The molecule has 9 heteroatoms. The molecule has 0 saturated heterocycles. The lowest BCUT2D eigenvalue weighted by molar-refractivity contribution is 0.00947. The van der Waals surface area contributed by atoms with Gasteiger partial charge in [-0.25, -0.2) is 9.37 Å². The number of aromatic nitrogens is 2. The van der Waals surface area contributed by atoms with Crippen LogP contribution in [0, 0.1) is 11.7 Å². The molecule has 0 bridgehead atoms. The standard InChI is InChI=1S/C31H29ClFN3O4/c1-30(2)16-40-28-21(30)14-25(36-27(28)18-6-9-23(33)22(32)12-18)31(38,20-7-8-20)15-35-29(37)19-11-17-5-4-10-34-26(17)24(13-19)39-3/h4-6,9-14,20,38H,7-8,15-16H2,1-3H3,(H,35,37). The van der Waals surface area contributed by atoms with E-state index in [9.17, 15) is 14.3 Å². The van der Waals surface area contributed by atoms with E-state index in [2.05, 4.69) is 24.1 Å². The fourth-order valence-electron chi connectivity index (χ4n) is 5.34. The SMILES string of the molecule is COc1cc(C(=O)NCC(O)(c2cc3c(c(-c4ccc(F)c(Cl)c4)n2)OCC3(C)C)C2CC2)cc2cccnc12. The Hall–Kier alpha value is -3.75. The van der Waals surface area contributed by atoms with E-state index in [1.807, 2.05) is 12.1 Å². The van der Waals surface area contributed by atoms with Crippen LogP contribution in [0.4, 0.5) is 4.39 Å². The Bertz CT molecular complexity index is 1660. The minimum Gasteiger partial charge on any atom is -0.494 e. The molecule has 2 aromatic carbocycles. The van der Waals surface area contributed by atoms with Crippen LogP contribution in [0.25, 0.3) is 22.2 Å². The summed E-state index contributed by atoms with van der Waals surface area (Å²) in [6.07, 6.45) is 3.28. The summed E-state index contributed by atoms with van der Waals surface area (Å²) in [4.78, 5) is 22.6. The zero-order valence-corrected chi connectivity index (χ0v) is 23.2. The highest BCUT2D eigenvalue weighted by Crippen LogP contribution is 2.50. The molecular formula is C31H29ClFN3O4. The highest BCUT2D eigenvalue weighted by molar-refractivity contribution is 6.31. The van der Waals surface area contributed by atoms with Gasteiger partial charge in [-0.3, -0.25) is 9.78 Å². The molecule has 206 valence electrons.